The molecule has 2 N–H and O–H groups in total. The van der Waals surface area contributed by atoms with Crippen molar-refractivity contribution in [3.63, 3.8) is 0 Å². The Bertz CT molecular complexity index is 243. The minimum absolute atomic E-state index is 0.233. The molecular formula is C10H18N2O3. The molecule has 1 spiro atoms. The molecule has 3 aliphatic heterocycles. The maximum Gasteiger partial charge on any atom is 0.182 e. The summed E-state index contributed by atoms with van der Waals surface area (Å²) in [6.07, 6.45) is 0.678. The Balaban J connectivity index is 1.65. The predicted molar refractivity (Wildman–Crippen MR) is 53.5 cm³/mol. The van der Waals surface area contributed by atoms with Gasteiger partial charge in [-0.15, -0.1) is 0 Å². The molecule has 0 unspecified atom stereocenters. The Labute approximate surface area is 89.3 Å². The molecule has 5 heteroatoms. The van der Waals surface area contributed by atoms with Crippen molar-refractivity contribution in [3.8, 4) is 0 Å². The molecule has 0 aromatic carbocycles. The average molecular weight is 214 g/mol. The van der Waals surface area contributed by atoms with Crippen LogP contribution in [0.25, 0.3) is 0 Å². The summed E-state index contributed by atoms with van der Waals surface area (Å²) in [6.45, 7) is 4.76. The van der Waals surface area contributed by atoms with Crippen LogP contribution in [0.1, 0.15) is 6.42 Å². The number of nitrogens with zero attached hydrogens (tertiary/aromatic N) is 1. The van der Waals surface area contributed by atoms with Crippen LogP contribution >= 0.6 is 0 Å². The van der Waals surface area contributed by atoms with Crippen LogP contribution in [-0.4, -0.2) is 67.3 Å². The van der Waals surface area contributed by atoms with Gasteiger partial charge in [0.25, 0.3) is 0 Å². The normalized spacial score (nSPS) is 40.6. The first-order valence-corrected chi connectivity index (χ1v) is 5.70. The Hall–Kier alpha value is -0.200. The number of nitrogens with one attached hydrogen (secondary N) is 1. The molecule has 0 saturated carbocycles. The highest BCUT2D eigenvalue weighted by Crippen LogP contribution is 2.32. The van der Waals surface area contributed by atoms with Crippen LogP contribution in [0.4, 0.5) is 0 Å². The van der Waals surface area contributed by atoms with Gasteiger partial charge in [0.2, 0.25) is 0 Å². The second-order valence-corrected chi connectivity index (χ2v) is 4.62. The highest BCUT2D eigenvalue weighted by Gasteiger charge is 2.46. The molecule has 0 amide bonds. The Morgan fingerprint density at radius 2 is 2.07 bits per heavy atom. The van der Waals surface area contributed by atoms with Crippen molar-refractivity contribution in [1.82, 2.24) is 10.2 Å². The zero-order valence-corrected chi connectivity index (χ0v) is 8.82. The molecule has 3 saturated heterocycles. The lowest BCUT2D eigenvalue weighted by Crippen LogP contribution is -2.44. The molecule has 3 rings (SSSR count). The first-order valence-electron chi connectivity index (χ1n) is 5.70. The van der Waals surface area contributed by atoms with Gasteiger partial charge in [-0.25, -0.2) is 0 Å². The third kappa shape index (κ3) is 1.68. The Morgan fingerprint density at radius 1 is 1.27 bits per heavy atom. The Kier molecular flexibility index (Phi) is 2.45. The van der Waals surface area contributed by atoms with Crippen LogP contribution in [-0.2, 0) is 9.47 Å². The van der Waals surface area contributed by atoms with Gasteiger partial charge >= 0.3 is 0 Å². The van der Waals surface area contributed by atoms with E-state index in [0.717, 1.165) is 26.1 Å². The summed E-state index contributed by atoms with van der Waals surface area (Å²) in [5.41, 5.74) is 0. The lowest BCUT2D eigenvalue weighted by molar-refractivity contribution is -0.147. The molecule has 0 aromatic rings. The minimum atomic E-state index is -0.359. The maximum atomic E-state index is 9.79. The maximum absolute atomic E-state index is 9.79. The van der Waals surface area contributed by atoms with Crippen molar-refractivity contribution >= 4 is 0 Å². The fraction of sp³-hybridized carbons (Fsp3) is 1.00. The molecule has 15 heavy (non-hydrogen) atoms. The van der Waals surface area contributed by atoms with Gasteiger partial charge in [0.15, 0.2) is 5.79 Å². The molecule has 3 aliphatic rings. The molecule has 0 radical (unpaired) electrons. The van der Waals surface area contributed by atoms with Gasteiger partial charge < -0.3 is 19.9 Å². The highest BCUT2D eigenvalue weighted by atomic mass is 16.7. The molecule has 86 valence electrons. The standard InChI is InChI=1S/C10H18N2O3/c13-9-6-11-5-8(9)12-2-1-10(7-12)14-3-4-15-10/h8-9,11,13H,1-7H2/t8-,9-/m1/s1. The van der Waals surface area contributed by atoms with Crippen molar-refractivity contribution in [2.24, 2.45) is 0 Å². The molecule has 2 atom stereocenters. The summed E-state index contributed by atoms with van der Waals surface area (Å²) in [5, 5.41) is 13.0. The number of ether oxygens (including phenoxy) is 2. The fourth-order valence-corrected chi connectivity index (χ4v) is 2.82. The summed E-state index contributed by atoms with van der Waals surface area (Å²) in [4.78, 5) is 2.29. The molecule has 3 fully saturated rings. The van der Waals surface area contributed by atoms with Crippen molar-refractivity contribution in [2.75, 3.05) is 39.4 Å². The second-order valence-electron chi connectivity index (χ2n) is 4.62. The topological polar surface area (TPSA) is 54.0 Å². The van der Waals surface area contributed by atoms with Crippen molar-refractivity contribution < 1.29 is 14.6 Å². The van der Waals surface area contributed by atoms with Gasteiger partial charge in [-0.1, -0.05) is 0 Å². The fourth-order valence-electron chi connectivity index (χ4n) is 2.82. The van der Waals surface area contributed by atoms with Crippen LogP contribution in [0.3, 0.4) is 0 Å². The molecule has 0 aromatic heterocycles. The van der Waals surface area contributed by atoms with E-state index in [4.69, 9.17) is 9.47 Å². The molecule has 5 nitrogen and oxygen atoms in total. The number of aliphatic hydroxyl groups is 1. The Morgan fingerprint density at radius 3 is 2.73 bits per heavy atom. The van der Waals surface area contributed by atoms with E-state index < -0.39 is 0 Å². The largest absolute Gasteiger partial charge is 0.390 e. The quantitative estimate of drug-likeness (QED) is 0.572. The van der Waals surface area contributed by atoms with Gasteiger partial charge in [-0.2, -0.15) is 0 Å². The summed E-state index contributed by atoms with van der Waals surface area (Å²) in [5.74, 6) is -0.359. The first kappa shape index (κ1) is 9.99. The average Bonchev–Trinajstić information content (AvgIpc) is 2.90. The van der Waals surface area contributed by atoms with Crippen LogP contribution in [0.15, 0.2) is 0 Å². The van der Waals surface area contributed by atoms with Gasteiger partial charge in [0.05, 0.1) is 25.9 Å². The predicted octanol–water partition coefficient (Wildman–Crippen LogP) is -1.23. The number of hydrogen-bond donors (Lipinski definition) is 2. The molecular weight excluding hydrogens is 196 g/mol. The van der Waals surface area contributed by atoms with E-state index in [0.29, 0.717) is 19.8 Å². The van der Waals surface area contributed by atoms with Crippen molar-refractivity contribution in [2.45, 2.75) is 24.4 Å². The van der Waals surface area contributed by atoms with Gasteiger partial charge in [0, 0.05) is 32.1 Å². The second kappa shape index (κ2) is 3.68. The number of likely N-dealkylation sites (tertiary alicyclic amines) is 1. The third-order valence-electron chi connectivity index (χ3n) is 3.66. The number of rotatable bonds is 1. The zero-order chi connectivity index (χ0) is 10.3. The number of β-amino-alcohol motifs (C(OH)–C–C–N with tert-alkyl or cyclic N) is 1. The van der Waals surface area contributed by atoms with Gasteiger partial charge in [0.1, 0.15) is 0 Å². The van der Waals surface area contributed by atoms with Crippen LogP contribution in [0.5, 0.6) is 0 Å². The van der Waals surface area contributed by atoms with Crippen LogP contribution < -0.4 is 5.32 Å². The van der Waals surface area contributed by atoms with Gasteiger partial charge in [-0.3, -0.25) is 4.90 Å². The summed E-state index contributed by atoms with van der Waals surface area (Å²) < 4.78 is 11.3. The lowest BCUT2D eigenvalue weighted by atomic mass is 10.2. The van der Waals surface area contributed by atoms with Crippen LogP contribution in [0.2, 0.25) is 0 Å². The van der Waals surface area contributed by atoms with Gasteiger partial charge in [-0.05, 0) is 0 Å². The lowest BCUT2D eigenvalue weighted by Gasteiger charge is -2.27. The van der Waals surface area contributed by atoms with E-state index in [9.17, 15) is 5.11 Å². The summed E-state index contributed by atoms with van der Waals surface area (Å²) >= 11 is 0. The minimum Gasteiger partial charge on any atom is -0.390 e. The van der Waals surface area contributed by atoms with E-state index in [1.807, 2.05) is 0 Å². The van der Waals surface area contributed by atoms with E-state index in [2.05, 4.69) is 10.2 Å². The first-order chi connectivity index (χ1) is 7.29. The SMILES string of the molecule is O[C@@H]1CNC[C@H]1N1CCC2(C1)OCCO2. The third-order valence-corrected chi connectivity index (χ3v) is 3.66. The van der Waals surface area contributed by atoms with Crippen molar-refractivity contribution in [3.05, 3.63) is 0 Å². The summed E-state index contributed by atoms with van der Waals surface area (Å²) in [6, 6.07) is 0.233. The van der Waals surface area contributed by atoms with E-state index >= 15 is 0 Å². The van der Waals surface area contributed by atoms with E-state index in [1.165, 1.54) is 0 Å². The number of aliphatic hydroxyl groups excluding tert-OH is 1. The molecule has 3 heterocycles. The molecule has 0 bridgehead atoms. The van der Waals surface area contributed by atoms with E-state index in [1.54, 1.807) is 0 Å². The monoisotopic (exact) mass is 214 g/mol. The van der Waals surface area contributed by atoms with Crippen LogP contribution in [0, 0.1) is 0 Å². The van der Waals surface area contributed by atoms with Crippen molar-refractivity contribution in [1.29, 1.82) is 0 Å². The molecule has 0 aliphatic carbocycles. The summed E-state index contributed by atoms with van der Waals surface area (Å²) in [7, 11) is 0. The number of hydrogen-bond acceptors (Lipinski definition) is 5. The zero-order valence-electron chi connectivity index (χ0n) is 8.82. The van der Waals surface area contributed by atoms with E-state index in [-0.39, 0.29) is 17.9 Å². The highest BCUT2D eigenvalue weighted by molar-refractivity contribution is 4.96. The smallest absolute Gasteiger partial charge is 0.182 e.